The molecule has 1 atom stereocenters. The fourth-order valence-electron chi connectivity index (χ4n) is 1.34. The highest BCUT2D eigenvalue weighted by Crippen LogP contribution is 2.03. The molecule has 1 amide bonds. The van der Waals surface area contributed by atoms with E-state index in [9.17, 15) is 9.59 Å². The normalized spacial score (nSPS) is 11.9. The molecule has 0 spiro atoms. The molecular formula is C12H16N2O2. The topological polar surface area (TPSA) is 51.1 Å². The lowest BCUT2D eigenvalue weighted by Crippen LogP contribution is -2.41. The van der Waals surface area contributed by atoms with Crippen LogP contribution in [0.4, 0.5) is 4.79 Å². The first-order valence-electron chi connectivity index (χ1n) is 5.09. The van der Waals surface area contributed by atoms with Gasteiger partial charge in [-0.25, -0.2) is 4.79 Å². The van der Waals surface area contributed by atoms with Gasteiger partial charge in [0.2, 0.25) is 0 Å². The molecule has 0 radical (unpaired) electrons. The summed E-state index contributed by atoms with van der Waals surface area (Å²) in [6, 6.07) is 2.71. The Morgan fingerprint density at radius 3 is 2.31 bits per heavy atom. The Bertz CT molecular complexity index is 393. The summed E-state index contributed by atoms with van der Waals surface area (Å²) < 4.78 is 1.40. The van der Waals surface area contributed by atoms with Crippen molar-refractivity contribution in [3.63, 3.8) is 0 Å². The van der Waals surface area contributed by atoms with Crippen molar-refractivity contribution in [3.05, 3.63) is 36.7 Å². The quantitative estimate of drug-likeness (QED) is 0.789. The third-order valence-corrected chi connectivity index (χ3v) is 2.18. The summed E-state index contributed by atoms with van der Waals surface area (Å²) in [6.45, 7) is 7.03. The zero-order valence-corrected chi connectivity index (χ0v) is 9.56. The van der Waals surface area contributed by atoms with Crippen LogP contribution in [0.3, 0.4) is 0 Å². The van der Waals surface area contributed by atoms with E-state index in [0.29, 0.717) is 6.42 Å². The van der Waals surface area contributed by atoms with Crippen LogP contribution in [-0.2, 0) is 4.79 Å². The smallest absolute Gasteiger partial charge is 0.326 e. The van der Waals surface area contributed by atoms with Crippen molar-refractivity contribution >= 4 is 11.8 Å². The fourth-order valence-corrected chi connectivity index (χ4v) is 1.34. The van der Waals surface area contributed by atoms with Crippen LogP contribution >= 0.6 is 0 Å². The van der Waals surface area contributed by atoms with Gasteiger partial charge in [-0.2, -0.15) is 0 Å². The molecule has 0 aliphatic rings. The Labute approximate surface area is 95.0 Å². The van der Waals surface area contributed by atoms with E-state index < -0.39 is 6.04 Å². The lowest BCUT2D eigenvalue weighted by Gasteiger charge is -2.15. The summed E-state index contributed by atoms with van der Waals surface area (Å²) >= 11 is 0. The highest BCUT2D eigenvalue weighted by Gasteiger charge is 2.17. The number of carbonyl (C=O) groups is 2. The van der Waals surface area contributed by atoms with Crippen LogP contribution in [0.2, 0.25) is 0 Å². The third-order valence-electron chi connectivity index (χ3n) is 2.18. The van der Waals surface area contributed by atoms with Crippen molar-refractivity contribution in [1.29, 1.82) is 0 Å². The Hall–Kier alpha value is -1.84. The first-order valence-corrected chi connectivity index (χ1v) is 5.09. The highest BCUT2D eigenvalue weighted by molar-refractivity contribution is 5.87. The third kappa shape index (κ3) is 3.38. The average Bonchev–Trinajstić information content (AvgIpc) is 2.68. The molecule has 16 heavy (non-hydrogen) atoms. The second kappa shape index (κ2) is 5.30. The zero-order chi connectivity index (χ0) is 12.1. The van der Waals surface area contributed by atoms with Gasteiger partial charge in [0.1, 0.15) is 0 Å². The molecule has 1 N–H and O–H groups in total. The number of hydrogen-bond donors (Lipinski definition) is 1. The lowest BCUT2D eigenvalue weighted by molar-refractivity contribution is -0.118. The average molecular weight is 220 g/mol. The van der Waals surface area contributed by atoms with E-state index in [1.807, 2.05) is 6.92 Å². The Morgan fingerprint density at radius 2 is 1.88 bits per heavy atom. The molecule has 0 bridgehead atoms. The van der Waals surface area contributed by atoms with Crippen molar-refractivity contribution in [3.8, 4) is 0 Å². The maximum atomic E-state index is 11.7. The minimum atomic E-state index is -0.493. The molecule has 1 heterocycles. The van der Waals surface area contributed by atoms with E-state index in [-0.39, 0.29) is 11.8 Å². The molecule has 1 aromatic rings. The van der Waals surface area contributed by atoms with Gasteiger partial charge in [-0.05, 0) is 32.4 Å². The molecule has 0 aliphatic heterocycles. The number of hydrogen-bond acceptors (Lipinski definition) is 2. The van der Waals surface area contributed by atoms with Crippen LogP contribution in [0.5, 0.6) is 0 Å². The Morgan fingerprint density at radius 1 is 1.31 bits per heavy atom. The summed E-state index contributed by atoms with van der Waals surface area (Å²) in [5.41, 5.74) is 0.869. The van der Waals surface area contributed by atoms with Crippen LogP contribution in [0.25, 0.3) is 0 Å². The molecule has 1 unspecified atom stereocenters. The van der Waals surface area contributed by atoms with Gasteiger partial charge in [0, 0.05) is 12.4 Å². The SMILES string of the molecule is C=C(C)CC(NC(=O)n1cccc1)C(C)=O. The maximum Gasteiger partial charge on any atom is 0.326 e. The van der Waals surface area contributed by atoms with Crippen molar-refractivity contribution in [1.82, 2.24) is 9.88 Å². The summed E-state index contributed by atoms with van der Waals surface area (Å²) in [5, 5.41) is 2.66. The predicted molar refractivity (Wildman–Crippen MR) is 62.3 cm³/mol. The van der Waals surface area contributed by atoms with Gasteiger partial charge in [0.05, 0.1) is 6.04 Å². The number of ketones is 1. The van der Waals surface area contributed by atoms with Crippen molar-refractivity contribution in [2.45, 2.75) is 26.3 Å². The standard InChI is InChI=1S/C12H16N2O2/c1-9(2)8-11(10(3)15)13-12(16)14-6-4-5-7-14/h4-7,11H,1,8H2,2-3H3,(H,13,16). The maximum absolute atomic E-state index is 11.7. The van der Waals surface area contributed by atoms with E-state index >= 15 is 0 Å². The number of aromatic nitrogens is 1. The van der Waals surface area contributed by atoms with E-state index in [1.165, 1.54) is 11.5 Å². The molecule has 4 nitrogen and oxygen atoms in total. The lowest BCUT2D eigenvalue weighted by atomic mass is 10.1. The zero-order valence-electron chi connectivity index (χ0n) is 9.56. The number of amides is 1. The van der Waals surface area contributed by atoms with Crippen LogP contribution < -0.4 is 5.32 Å². The number of rotatable bonds is 4. The monoisotopic (exact) mass is 220 g/mol. The molecule has 0 saturated carbocycles. The fraction of sp³-hybridized carbons (Fsp3) is 0.333. The van der Waals surface area contributed by atoms with E-state index in [1.54, 1.807) is 24.5 Å². The van der Waals surface area contributed by atoms with E-state index in [2.05, 4.69) is 11.9 Å². The van der Waals surface area contributed by atoms with Gasteiger partial charge in [0.15, 0.2) is 5.78 Å². The van der Waals surface area contributed by atoms with Gasteiger partial charge in [-0.3, -0.25) is 9.36 Å². The van der Waals surface area contributed by atoms with Gasteiger partial charge in [-0.1, -0.05) is 5.57 Å². The largest absolute Gasteiger partial charge is 0.327 e. The summed E-state index contributed by atoms with van der Waals surface area (Å²) in [4.78, 5) is 23.0. The minimum Gasteiger partial charge on any atom is -0.327 e. The summed E-state index contributed by atoms with van der Waals surface area (Å²) in [5.74, 6) is -0.0662. The molecule has 0 fully saturated rings. The van der Waals surface area contributed by atoms with Gasteiger partial charge in [-0.15, -0.1) is 6.58 Å². The number of carbonyl (C=O) groups excluding carboxylic acids is 2. The van der Waals surface area contributed by atoms with Crippen LogP contribution in [-0.4, -0.2) is 22.4 Å². The van der Waals surface area contributed by atoms with Gasteiger partial charge >= 0.3 is 6.03 Å². The first kappa shape index (κ1) is 12.2. The summed E-state index contributed by atoms with van der Waals surface area (Å²) in [6.07, 6.45) is 3.74. The van der Waals surface area contributed by atoms with E-state index in [0.717, 1.165) is 5.57 Å². The van der Waals surface area contributed by atoms with Crippen molar-refractivity contribution in [2.75, 3.05) is 0 Å². The second-order valence-corrected chi connectivity index (χ2v) is 3.86. The molecule has 0 aromatic carbocycles. The minimum absolute atomic E-state index is 0.0662. The summed E-state index contributed by atoms with van der Waals surface area (Å²) in [7, 11) is 0. The Kier molecular flexibility index (Phi) is 4.05. The first-order chi connectivity index (χ1) is 7.50. The molecule has 1 rings (SSSR count). The van der Waals surface area contributed by atoms with E-state index in [4.69, 9.17) is 0 Å². The molecule has 0 aliphatic carbocycles. The predicted octanol–water partition coefficient (Wildman–Crippen LogP) is 1.97. The highest BCUT2D eigenvalue weighted by atomic mass is 16.2. The molecule has 4 heteroatoms. The second-order valence-electron chi connectivity index (χ2n) is 3.86. The Balaban J connectivity index is 2.65. The number of Topliss-reactive ketones (excluding diaryl/α,β-unsaturated/α-hetero) is 1. The molecule has 0 saturated heterocycles. The number of nitrogens with one attached hydrogen (secondary N) is 1. The van der Waals surface area contributed by atoms with Crippen LogP contribution in [0, 0.1) is 0 Å². The van der Waals surface area contributed by atoms with Crippen LogP contribution in [0.15, 0.2) is 36.7 Å². The van der Waals surface area contributed by atoms with Gasteiger partial charge < -0.3 is 5.32 Å². The molecule has 86 valence electrons. The molecular weight excluding hydrogens is 204 g/mol. The van der Waals surface area contributed by atoms with Crippen molar-refractivity contribution in [2.24, 2.45) is 0 Å². The number of nitrogens with zero attached hydrogens (tertiary/aromatic N) is 1. The molecule has 1 aromatic heterocycles. The van der Waals surface area contributed by atoms with Crippen molar-refractivity contribution < 1.29 is 9.59 Å². The van der Waals surface area contributed by atoms with Crippen LogP contribution in [0.1, 0.15) is 20.3 Å². The van der Waals surface area contributed by atoms with Gasteiger partial charge in [0.25, 0.3) is 0 Å².